The van der Waals surface area contributed by atoms with Gasteiger partial charge in [-0.05, 0) is 59.8 Å². The number of ether oxygens (including phenoxy) is 3. The van der Waals surface area contributed by atoms with Crippen molar-refractivity contribution in [2.75, 3.05) is 26.1 Å². The highest BCUT2D eigenvalue weighted by Crippen LogP contribution is 2.41. The highest BCUT2D eigenvalue weighted by Gasteiger charge is 2.37. The van der Waals surface area contributed by atoms with E-state index in [4.69, 9.17) is 14.2 Å². The normalized spacial score (nSPS) is 14.2. The van der Waals surface area contributed by atoms with Crippen LogP contribution in [-0.4, -0.2) is 47.6 Å². The number of amides is 3. The van der Waals surface area contributed by atoms with E-state index >= 15 is 0 Å². The Morgan fingerprint density at radius 1 is 1.00 bits per heavy atom. The zero-order valence-electron chi connectivity index (χ0n) is 21.8. The molecule has 0 aromatic heterocycles. The summed E-state index contributed by atoms with van der Waals surface area (Å²) in [5, 5.41) is 13.3. The quantitative estimate of drug-likeness (QED) is 0.175. The predicted molar refractivity (Wildman–Crippen MR) is 145 cm³/mol. The van der Waals surface area contributed by atoms with Crippen LogP contribution in [0.15, 0.2) is 65.6 Å². The van der Waals surface area contributed by atoms with Gasteiger partial charge in [0.15, 0.2) is 11.5 Å². The van der Waals surface area contributed by atoms with Crippen LogP contribution in [0.2, 0.25) is 0 Å². The van der Waals surface area contributed by atoms with Gasteiger partial charge in [-0.1, -0.05) is 18.2 Å². The van der Waals surface area contributed by atoms with Gasteiger partial charge in [-0.25, -0.2) is 0 Å². The third-order valence-corrected chi connectivity index (χ3v) is 6.65. The average Bonchev–Trinajstić information content (AvgIpc) is 3.20. The topological polar surface area (TPSA) is 137 Å². The Morgan fingerprint density at radius 2 is 1.69 bits per heavy atom. The van der Waals surface area contributed by atoms with Crippen molar-refractivity contribution in [2.45, 2.75) is 6.18 Å². The van der Waals surface area contributed by atoms with E-state index in [0.29, 0.717) is 40.9 Å². The van der Waals surface area contributed by atoms with Crippen LogP contribution in [0.5, 0.6) is 23.0 Å². The number of carbonyl (C=O) groups excluding carboxylic acids is 3. The van der Waals surface area contributed by atoms with Crippen LogP contribution < -0.4 is 19.5 Å². The summed E-state index contributed by atoms with van der Waals surface area (Å²) in [7, 11) is 2.69. The van der Waals surface area contributed by atoms with Gasteiger partial charge in [0.05, 0.1) is 35.3 Å². The number of benzene rings is 3. The van der Waals surface area contributed by atoms with Gasteiger partial charge in [-0.3, -0.25) is 29.4 Å². The van der Waals surface area contributed by atoms with Gasteiger partial charge >= 0.3 is 11.9 Å². The molecule has 4 rings (SSSR count). The van der Waals surface area contributed by atoms with Gasteiger partial charge in [0.25, 0.3) is 11.1 Å². The summed E-state index contributed by atoms with van der Waals surface area (Å²) in [6, 6.07) is 12.6. The first-order chi connectivity index (χ1) is 19.9. The van der Waals surface area contributed by atoms with E-state index in [0.717, 1.165) is 11.0 Å². The monoisotopic (exact) mass is 603 g/mol. The first kappa shape index (κ1) is 29.9. The summed E-state index contributed by atoms with van der Waals surface area (Å²) in [4.78, 5) is 49.1. The van der Waals surface area contributed by atoms with Crippen LogP contribution >= 0.6 is 11.8 Å². The van der Waals surface area contributed by atoms with Crippen molar-refractivity contribution in [3.05, 3.63) is 86.8 Å². The molecule has 0 saturated carbocycles. The van der Waals surface area contributed by atoms with E-state index in [1.807, 2.05) is 0 Å². The number of nitrogens with zero attached hydrogens (tertiary/aromatic N) is 2. The Hall–Kier alpha value is -5.05. The van der Waals surface area contributed by atoms with Crippen molar-refractivity contribution in [2.24, 2.45) is 0 Å². The van der Waals surface area contributed by atoms with Crippen molar-refractivity contribution in [3.63, 3.8) is 0 Å². The van der Waals surface area contributed by atoms with Crippen LogP contribution in [0.4, 0.5) is 29.3 Å². The second-order valence-electron chi connectivity index (χ2n) is 8.47. The lowest BCUT2D eigenvalue weighted by Crippen LogP contribution is -2.36. The molecule has 11 nitrogen and oxygen atoms in total. The minimum atomic E-state index is -4.79. The summed E-state index contributed by atoms with van der Waals surface area (Å²) in [6.45, 7) is -0.540. The number of carbonyl (C=O) groups is 3. The molecule has 1 saturated heterocycles. The molecule has 1 N–H and O–H groups in total. The molecule has 1 aliphatic heterocycles. The Morgan fingerprint density at radius 3 is 2.36 bits per heavy atom. The van der Waals surface area contributed by atoms with E-state index in [9.17, 15) is 37.7 Å². The first-order valence-corrected chi connectivity index (χ1v) is 12.6. The largest absolute Gasteiger partial charge is 0.495 e. The van der Waals surface area contributed by atoms with Crippen molar-refractivity contribution in [1.29, 1.82) is 0 Å². The van der Waals surface area contributed by atoms with Gasteiger partial charge in [0, 0.05) is 6.07 Å². The Kier molecular flexibility index (Phi) is 8.70. The summed E-state index contributed by atoms with van der Waals surface area (Å²) >= 11 is 0.616. The average molecular weight is 604 g/mol. The van der Waals surface area contributed by atoms with E-state index in [1.54, 1.807) is 24.3 Å². The molecule has 0 unspecified atom stereocenters. The molecule has 1 heterocycles. The second kappa shape index (κ2) is 12.2. The molecule has 3 aromatic carbocycles. The first-order valence-electron chi connectivity index (χ1n) is 11.8. The zero-order chi connectivity index (χ0) is 30.6. The molecule has 0 atom stereocenters. The number of rotatable bonds is 9. The van der Waals surface area contributed by atoms with Crippen LogP contribution in [0.1, 0.15) is 11.1 Å². The van der Waals surface area contributed by atoms with E-state index in [1.165, 1.54) is 38.5 Å². The number of nitro groups is 1. The lowest BCUT2D eigenvalue weighted by Gasteiger charge is -2.14. The molecule has 15 heteroatoms. The maximum Gasteiger partial charge on any atom is 0.416 e. The number of hydrogen-bond acceptors (Lipinski definition) is 9. The Labute approximate surface area is 240 Å². The van der Waals surface area contributed by atoms with Crippen molar-refractivity contribution >= 4 is 46.3 Å². The molecule has 0 spiro atoms. The highest BCUT2D eigenvalue weighted by molar-refractivity contribution is 8.18. The third kappa shape index (κ3) is 6.63. The molecular weight excluding hydrogens is 583 g/mol. The molecule has 0 aliphatic carbocycles. The minimum Gasteiger partial charge on any atom is -0.495 e. The third-order valence-electron chi connectivity index (χ3n) is 5.74. The van der Waals surface area contributed by atoms with Crippen LogP contribution in [0, 0.1) is 10.1 Å². The number of imide groups is 1. The summed E-state index contributed by atoms with van der Waals surface area (Å²) < 4.78 is 55.0. The summed E-state index contributed by atoms with van der Waals surface area (Å²) in [5.41, 5.74) is -1.39. The van der Waals surface area contributed by atoms with E-state index < -0.39 is 51.7 Å². The van der Waals surface area contributed by atoms with Crippen LogP contribution in [0.3, 0.4) is 0 Å². The summed E-state index contributed by atoms with van der Waals surface area (Å²) in [6.07, 6.45) is -3.42. The number of alkyl halides is 3. The van der Waals surface area contributed by atoms with Gasteiger partial charge < -0.3 is 19.5 Å². The highest BCUT2D eigenvalue weighted by atomic mass is 32.2. The molecule has 218 valence electrons. The fourth-order valence-electron chi connectivity index (χ4n) is 3.77. The Balaban J connectivity index is 1.51. The fourth-order valence-corrected chi connectivity index (χ4v) is 4.61. The molecule has 1 fully saturated rings. The van der Waals surface area contributed by atoms with Gasteiger partial charge in [-0.2, -0.15) is 13.2 Å². The van der Waals surface area contributed by atoms with Crippen molar-refractivity contribution in [1.82, 2.24) is 4.90 Å². The molecule has 0 bridgehead atoms. The van der Waals surface area contributed by atoms with Gasteiger partial charge in [-0.15, -0.1) is 0 Å². The second-order valence-corrected chi connectivity index (χ2v) is 9.46. The molecule has 1 aliphatic rings. The number of para-hydroxylation sites is 2. The van der Waals surface area contributed by atoms with E-state index in [2.05, 4.69) is 5.32 Å². The molecular formula is C27H20F3N3O8S. The number of hydrogen-bond donors (Lipinski definition) is 1. The van der Waals surface area contributed by atoms with Crippen molar-refractivity contribution < 1.29 is 46.7 Å². The lowest BCUT2D eigenvalue weighted by atomic mass is 10.1. The molecule has 0 radical (unpaired) electrons. The van der Waals surface area contributed by atoms with Crippen molar-refractivity contribution in [3.8, 4) is 23.0 Å². The lowest BCUT2D eigenvalue weighted by molar-refractivity contribution is -0.385. The van der Waals surface area contributed by atoms with Crippen LogP contribution in [-0.2, 0) is 15.8 Å². The standard InChI is InChI=1S/C27H20F3N3O8S/c1-39-19-6-4-3-5-17(19)31-24(34)14-32-25(35)23(42-26(32)36)12-15-7-9-21(22(11-15)40-2)41-20-10-8-16(27(28,29)30)13-18(20)33(37)38/h3-13H,14H2,1-2H3,(H,31,34)/b23-12+. The zero-order valence-corrected chi connectivity index (χ0v) is 22.6. The number of methoxy groups -OCH3 is 2. The number of halogens is 3. The maximum atomic E-state index is 13.0. The van der Waals surface area contributed by atoms with Gasteiger partial charge in [0.2, 0.25) is 11.7 Å². The van der Waals surface area contributed by atoms with Crippen LogP contribution in [0.25, 0.3) is 6.08 Å². The maximum absolute atomic E-state index is 13.0. The SMILES string of the molecule is COc1ccccc1NC(=O)CN1C(=O)S/C(=C/c2ccc(Oc3ccc(C(F)(F)F)cc3[N+](=O)[O-])c(OC)c2)C1=O. The minimum absolute atomic E-state index is 0.0131. The van der Waals surface area contributed by atoms with E-state index in [-0.39, 0.29) is 16.4 Å². The Bertz CT molecular complexity index is 1610. The predicted octanol–water partition coefficient (Wildman–Crippen LogP) is 6.10. The molecule has 42 heavy (non-hydrogen) atoms. The number of thioether (sulfide) groups is 1. The summed E-state index contributed by atoms with van der Waals surface area (Å²) in [5.74, 6) is -1.41. The molecule has 3 amide bonds. The number of nitrogens with one attached hydrogen (secondary N) is 1. The fraction of sp³-hybridized carbons (Fsp3) is 0.148. The van der Waals surface area contributed by atoms with Gasteiger partial charge in [0.1, 0.15) is 12.3 Å². The smallest absolute Gasteiger partial charge is 0.416 e. The molecule has 3 aromatic rings. The number of anilines is 1. The number of nitro benzene ring substituents is 1.